The second kappa shape index (κ2) is 5.68. The average molecular weight is 267 g/mol. The molecule has 1 heterocycles. The van der Waals surface area contributed by atoms with E-state index in [0.29, 0.717) is 0 Å². The molecule has 0 aliphatic carbocycles. The molecule has 2 aromatic carbocycles. The van der Waals surface area contributed by atoms with E-state index in [4.69, 9.17) is 4.74 Å². The molecule has 3 rings (SSSR count). The van der Waals surface area contributed by atoms with Gasteiger partial charge in [0, 0.05) is 12.1 Å². The highest BCUT2D eigenvalue weighted by molar-refractivity contribution is 5.46. The van der Waals surface area contributed by atoms with Gasteiger partial charge in [0.05, 0.1) is 13.2 Å². The lowest BCUT2D eigenvalue weighted by Gasteiger charge is -2.29. The Morgan fingerprint density at radius 2 is 2.00 bits per heavy atom. The SMILES string of the molecule is CCc1ccc2c(c1)C(c1ccccc1OC)NCC2. The zero-order valence-corrected chi connectivity index (χ0v) is 12.1. The normalized spacial score (nSPS) is 17.6. The molecule has 0 aromatic heterocycles. The molecule has 0 radical (unpaired) electrons. The predicted molar refractivity (Wildman–Crippen MR) is 82.4 cm³/mol. The van der Waals surface area contributed by atoms with Crippen molar-refractivity contribution in [3.05, 3.63) is 64.7 Å². The lowest BCUT2D eigenvalue weighted by atomic mass is 9.88. The molecule has 1 aliphatic rings. The topological polar surface area (TPSA) is 21.3 Å². The number of aryl methyl sites for hydroxylation is 1. The monoisotopic (exact) mass is 267 g/mol. The molecule has 0 fully saturated rings. The van der Waals surface area contributed by atoms with Crippen molar-refractivity contribution in [2.75, 3.05) is 13.7 Å². The third-order valence-corrected chi connectivity index (χ3v) is 4.12. The second-order valence-electron chi connectivity index (χ2n) is 5.27. The summed E-state index contributed by atoms with van der Waals surface area (Å²) in [6, 6.07) is 15.4. The lowest BCUT2D eigenvalue weighted by Crippen LogP contribution is -2.31. The van der Waals surface area contributed by atoms with Crippen LogP contribution in [0, 0.1) is 0 Å². The Labute approximate surface area is 120 Å². The summed E-state index contributed by atoms with van der Waals surface area (Å²) in [5, 5.41) is 3.64. The lowest BCUT2D eigenvalue weighted by molar-refractivity contribution is 0.402. The fourth-order valence-corrected chi connectivity index (χ4v) is 3.00. The van der Waals surface area contributed by atoms with Gasteiger partial charge in [-0.1, -0.05) is 43.3 Å². The van der Waals surface area contributed by atoms with Gasteiger partial charge in [0.15, 0.2) is 0 Å². The van der Waals surface area contributed by atoms with E-state index in [1.54, 1.807) is 7.11 Å². The largest absolute Gasteiger partial charge is 0.496 e. The van der Waals surface area contributed by atoms with E-state index in [1.807, 2.05) is 12.1 Å². The Morgan fingerprint density at radius 3 is 2.80 bits per heavy atom. The van der Waals surface area contributed by atoms with E-state index >= 15 is 0 Å². The highest BCUT2D eigenvalue weighted by atomic mass is 16.5. The minimum atomic E-state index is 0.237. The number of hydrogen-bond donors (Lipinski definition) is 1. The Bertz CT molecular complexity index is 606. The molecule has 0 bridgehead atoms. The summed E-state index contributed by atoms with van der Waals surface area (Å²) in [5.74, 6) is 0.958. The number of methoxy groups -OCH3 is 1. The van der Waals surface area contributed by atoms with Crippen LogP contribution in [0.2, 0.25) is 0 Å². The number of hydrogen-bond acceptors (Lipinski definition) is 2. The van der Waals surface area contributed by atoms with Crippen LogP contribution in [0.3, 0.4) is 0 Å². The van der Waals surface area contributed by atoms with Crippen molar-refractivity contribution in [3.63, 3.8) is 0 Å². The van der Waals surface area contributed by atoms with Crippen LogP contribution in [0.5, 0.6) is 5.75 Å². The fraction of sp³-hybridized carbons (Fsp3) is 0.333. The van der Waals surface area contributed by atoms with Crippen LogP contribution in [0.25, 0.3) is 0 Å². The molecular formula is C18H21NO. The second-order valence-corrected chi connectivity index (χ2v) is 5.27. The molecule has 1 aliphatic heterocycles. The van der Waals surface area contributed by atoms with Gasteiger partial charge in [0.25, 0.3) is 0 Å². The fourth-order valence-electron chi connectivity index (χ4n) is 3.00. The summed E-state index contributed by atoms with van der Waals surface area (Å²) < 4.78 is 5.53. The predicted octanol–water partition coefficient (Wildman–Crippen LogP) is 3.49. The van der Waals surface area contributed by atoms with Crippen molar-refractivity contribution in [2.45, 2.75) is 25.8 Å². The van der Waals surface area contributed by atoms with Crippen LogP contribution in [0.15, 0.2) is 42.5 Å². The number of benzene rings is 2. The van der Waals surface area contributed by atoms with Crippen LogP contribution in [0.4, 0.5) is 0 Å². The molecule has 1 atom stereocenters. The smallest absolute Gasteiger partial charge is 0.123 e. The molecular weight excluding hydrogens is 246 g/mol. The van der Waals surface area contributed by atoms with Crippen LogP contribution in [-0.2, 0) is 12.8 Å². The summed E-state index contributed by atoms with van der Waals surface area (Å²) in [7, 11) is 1.74. The van der Waals surface area contributed by atoms with Crippen LogP contribution >= 0.6 is 0 Å². The molecule has 0 amide bonds. The maximum Gasteiger partial charge on any atom is 0.123 e. The number of para-hydroxylation sites is 1. The Balaban J connectivity index is 2.09. The maximum absolute atomic E-state index is 5.53. The van der Waals surface area contributed by atoms with Crippen molar-refractivity contribution in [3.8, 4) is 5.75 Å². The minimum absolute atomic E-state index is 0.237. The summed E-state index contributed by atoms with van der Waals surface area (Å²) >= 11 is 0. The first-order chi connectivity index (χ1) is 9.83. The first kappa shape index (κ1) is 13.2. The number of nitrogens with one attached hydrogen (secondary N) is 1. The van der Waals surface area contributed by atoms with Crippen molar-refractivity contribution >= 4 is 0 Å². The first-order valence-electron chi connectivity index (χ1n) is 7.31. The standard InChI is InChI=1S/C18H21NO/c1-3-13-8-9-14-10-11-19-18(16(14)12-13)15-6-4-5-7-17(15)20-2/h4-9,12,18-19H,3,10-11H2,1-2H3. The Kier molecular flexibility index (Phi) is 3.75. The minimum Gasteiger partial charge on any atom is -0.496 e. The molecule has 2 aromatic rings. The van der Waals surface area contributed by atoms with Gasteiger partial charge in [-0.25, -0.2) is 0 Å². The van der Waals surface area contributed by atoms with E-state index in [2.05, 4.69) is 42.6 Å². The van der Waals surface area contributed by atoms with Crippen LogP contribution in [0.1, 0.15) is 35.2 Å². The summed E-state index contributed by atoms with van der Waals surface area (Å²) in [6.45, 7) is 3.22. The zero-order valence-electron chi connectivity index (χ0n) is 12.1. The van der Waals surface area contributed by atoms with Crippen LogP contribution in [-0.4, -0.2) is 13.7 Å². The molecule has 2 nitrogen and oxygen atoms in total. The highest BCUT2D eigenvalue weighted by Gasteiger charge is 2.23. The maximum atomic E-state index is 5.53. The van der Waals surface area contributed by atoms with E-state index < -0.39 is 0 Å². The molecule has 1 N–H and O–H groups in total. The van der Waals surface area contributed by atoms with Gasteiger partial charge in [-0.3, -0.25) is 0 Å². The van der Waals surface area contributed by atoms with Gasteiger partial charge in [-0.2, -0.15) is 0 Å². The summed E-state index contributed by atoms with van der Waals surface area (Å²) in [6.07, 6.45) is 2.18. The molecule has 1 unspecified atom stereocenters. The highest BCUT2D eigenvalue weighted by Crippen LogP contribution is 2.34. The number of rotatable bonds is 3. The van der Waals surface area contributed by atoms with Crippen LogP contribution < -0.4 is 10.1 Å². The summed E-state index contributed by atoms with van der Waals surface area (Å²) in [5.41, 5.74) is 5.48. The molecule has 2 heteroatoms. The van der Waals surface area contributed by atoms with Gasteiger partial charge >= 0.3 is 0 Å². The van der Waals surface area contributed by atoms with Gasteiger partial charge in [-0.15, -0.1) is 0 Å². The van der Waals surface area contributed by atoms with Crippen molar-refractivity contribution in [1.82, 2.24) is 5.32 Å². The van der Waals surface area contributed by atoms with E-state index in [9.17, 15) is 0 Å². The van der Waals surface area contributed by atoms with Crippen molar-refractivity contribution in [2.24, 2.45) is 0 Å². The van der Waals surface area contributed by atoms with E-state index in [0.717, 1.165) is 25.1 Å². The van der Waals surface area contributed by atoms with Gasteiger partial charge < -0.3 is 10.1 Å². The molecule has 104 valence electrons. The third kappa shape index (κ3) is 2.32. The first-order valence-corrected chi connectivity index (χ1v) is 7.31. The number of fused-ring (bicyclic) bond motifs is 1. The quantitative estimate of drug-likeness (QED) is 0.919. The van der Waals surface area contributed by atoms with Crippen molar-refractivity contribution in [1.29, 1.82) is 0 Å². The average Bonchev–Trinajstić information content (AvgIpc) is 2.53. The van der Waals surface area contributed by atoms with E-state index in [1.165, 1.54) is 22.3 Å². The Morgan fingerprint density at radius 1 is 1.15 bits per heavy atom. The molecule has 0 saturated carbocycles. The van der Waals surface area contributed by atoms with Gasteiger partial charge in [0.2, 0.25) is 0 Å². The van der Waals surface area contributed by atoms with Gasteiger partial charge in [-0.05, 0) is 35.6 Å². The summed E-state index contributed by atoms with van der Waals surface area (Å²) in [4.78, 5) is 0. The van der Waals surface area contributed by atoms with Gasteiger partial charge in [0.1, 0.15) is 5.75 Å². The molecule has 20 heavy (non-hydrogen) atoms. The third-order valence-electron chi connectivity index (χ3n) is 4.12. The van der Waals surface area contributed by atoms with E-state index in [-0.39, 0.29) is 6.04 Å². The zero-order chi connectivity index (χ0) is 13.9. The Hall–Kier alpha value is -1.80. The molecule has 0 spiro atoms. The number of ether oxygens (including phenoxy) is 1. The molecule has 0 saturated heterocycles. The van der Waals surface area contributed by atoms with Crippen molar-refractivity contribution < 1.29 is 4.74 Å².